The SMILES string of the molecule is CCC/C=C\CCCCCCCC(=O)OCC(COP(=O)(O)OCCN)OC(=O)CCCCCCCCCCCCCCCCC/C=C\CCCCCCCCCC. The number of ether oxygens (including phenoxy) is 2. The summed E-state index contributed by atoms with van der Waals surface area (Å²) in [4.78, 5) is 34.8. The Balaban J connectivity index is 3.91. The van der Waals surface area contributed by atoms with Gasteiger partial charge in [0.15, 0.2) is 6.10 Å². The number of carbonyl (C=O) groups excluding carboxylic acids is 2. The molecule has 0 aliphatic rings. The highest BCUT2D eigenvalue weighted by molar-refractivity contribution is 7.47. The Labute approximate surface area is 357 Å². The minimum atomic E-state index is -4.37. The van der Waals surface area contributed by atoms with E-state index in [9.17, 15) is 19.0 Å². The first-order valence-corrected chi connectivity index (χ1v) is 25.8. The summed E-state index contributed by atoms with van der Waals surface area (Å²) < 4.78 is 32.8. The van der Waals surface area contributed by atoms with Crippen LogP contribution in [-0.2, 0) is 32.7 Å². The quantitative estimate of drug-likeness (QED) is 0.0266. The first-order chi connectivity index (χ1) is 28.3. The minimum absolute atomic E-state index is 0.0538. The van der Waals surface area contributed by atoms with Gasteiger partial charge in [-0.1, -0.05) is 192 Å². The zero-order valence-electron chi connectivity index (χ0n) is 37.8. The van der Waals surface area contributed by atoms with Gasteiger partial charge in [-0.25, -0.2) is 4.57 Å². The molecular weight excluding hydrogens is 750 g/mol. The minimum Gasteiger partial charge on any atom is -0.462 e. The summed E-state index contributed by atoms with van der Waals surface area (Å²) in [5, 5.41) is 0. The maximum Gasteiger partial charge on any atom is 0.472 e. The molecule has 0 spiro atoms. The van der Waals surface area contributed by atoms with Crippen LogP contribution < -0.4 is 5.73 Å². The molecule has 0 bridgehead atoms. The summed E-state index contributed by atoms with van der Waals surface area (Å²) >= 11 is 0. The average molecular weight is 842 g/mol. The lowest BCUT2D eigenvalue weighted by Crippen LogP contribution is -2.29. The van der Waals surface area contributed by atoms with Crippen molar-refractivity contribution in [2.45, 2.75) is 245 Å². The normalized spacial score (nSPS) is 13.4. The van der Waals surface area contributed by atoms with Crippen LogP contribution in [0.25, 0.3) is 0 Å². The van der Waals surface area contributed by atoms with E-state index < -0.39 is 26.5 Å². The monoisotopic (exact) mass is 842 g/mol. The molecule has 0 aromatic rings. The van der Waals surface area contributed by atoms with Crippen LogP contribution in [0.1, 0.15) is 239 Å². The van der Waals surface area contributed by atoms with Crippen LogP contribution in [0.3, 0.4) is 0 Å². The second-order valence-electron chi connectivity index (χ2n) is 16.3. The topological polar surface area (TPSA) is 134 Å². The van der Waals surface area contributed by atoms with Crippen LogP contribution in [-0.4, -0.2) is 49.3 Å². The van der Waals surface area contributed by atoms with E-state index in [1.54, 1.807) is 0 Å². The standard InChI is InChI=1S/C48H92NO8P/c1-3-5-7-9-11-13-15-16-17-18-19-20-21-22-23-24-25-26-27-28-29-30-31-33-35-37-39-41-48(51)57-46(45-56-58(52,53)55-43-42-49)44-54-47(50)40-38-36-34-32-14-12-10-8-6-4-2/h8,10,18-19,46H,3-7,9,11-17,20-45,49H2,1-2H3,(H,52,53)/b10-8-,19-18-. The Bertz CT molecular complexity index is 1010. The molecule has 9 nitrogen and oxygen atoms in total. The Morgan fingerprint density at radius 3 is 1.29 bits per heavy atom. The summed E-state index contributed by atoms with van der Waals surface area (Å²) in [7, 11) is -4.37. The molecule has 58 heavy (non-hydrogen) atoms. The van der Waals surface area contributed by atoms with Crippen molar-refractivity contribution in [3.63, 3.8) is 0 Å². The highest BCUT2D eigenvalue weighted by Gasteiger charge is 2.26. The van der Waals surface area contributed by atoms with E-state index in [4.69, 9.17) is 24.3 Å². The molecule has 0 amide bonds. The van der Waals surface area contributed by atoms with Gasteiger partial charge in [0.25, 0.3) is 0 Å². The highest BCUT2D eigenvalue weighted by Crippen LogP contribution is 2.43. The van der Waals surface area contributed by atoms with E-state index in [1.807, 2.05) is 0 Å². The molecule has 342 valence electrons. The summed E-state index contributed by atoms with van der Waals surface area (Å²) in [6.07, 6.45) is 49.5. The second kappa shape index (κ2) is 45.0. The Morgan fingerprint density at radius 2 is 0.879 bits per heavy atom. The van der Waals surface area contributed by atoms with E-state index in [2.05, 4.69) is 38.2 Å². The van der Waals surface area contributed by atoms with Crippen molar-refractivity contribution in [2.75, 3.05) is 26.4 Å². The fourth-order valence-electron chi connectivity index (χ4n) is 6.93. The zero-order valence-corrected chi connectivity index (χ0v) is 38.7. The molecule has 0 aliphatic heterocycles. The molecule has 0 aliphatic carbocycles. The van der Waals surface area contributed by atoms with Gasteiger partial charge in [-0.15, -0.1) is 0 Å². The largest absolute Gasteiger partial charge is 0.472 e. The van der Waals surface area contributed by atoms with Crippen molar-refractivity contribution in [2.24, 2.45) is 5.73 Å². The molecule has 0 radical (unpaired) electrons. The number of allylic oxidation sites excluding steroid dienone is 4. The van der Waals surface area contributed by atoms with Crippen LogP contribution in [0.5, 0.6) is 0 Å². The smallest absolute Gasteiger partial charge is 0.462 e. The zero-order chi connectivity index (χ0) is 42.5. The third-order valence-corrected chi connectivity index (χ3v) is 11.5. The summed E-state index contributed by atoms with van der Waals surface area (Å²) in [6.45, 7) is 3.68. The predicted octanol–water partition coefficient (Wildman–Crippen LogP) is 14.3. The van der Waals surface area contributed by atoms with E-state index in [0.29, 0.717) is 6.42 Å². The lowest BCUT2D eigenvalue weighted by molar-refractivity contribution is -0.161. The molecule has 2 unspecified atom stereocenters. The molecule has 0 heterocycles. The van der Waals surface area contributed by atoms with Crippen LogP contribution in [0.4, 0.5) is 0 Å². The van der Waals surface area contributed by atoms with Crippen LogP contribution in [0.2, 0.25) is 0 Å². The van der Waals surface area contributed by atoms with Gasteiger partial charge in [0.05, 0.1) is 13.2 Å². The van der Waals surface area contributed by atoms with Gasteiger partial charge in [0, 0.05) is 19.4 Å². The van der Waals surface area contributed by atoms with Crippen LogP contribution in [0.15, 0.2) is 24.3 Å². The number of esters is 2. The molecular formula is C48H92NO8P. The maximum absolute atomic E-state index is 12.6. The molecule has 0 saturated heterocycles. The lowest BCUT2D eigenvalue weighted by atomic mass is 10.0. The van der Waals surface area contributed by atoms with E-state index in [0.717, 1.165) is 57.8 Å². The number of rotatable bonds is 46. The molecule has 0 aromatic heterocycles. The van der Waals surface area contributed by atoms with Crippen LogP contribution >= 0.6 is 7.82 Å². The number of phosphoric ester groups is 1. The number of hydrogen-bond donors (Lipinski definition) is 2. The fourth-order valence-corrected chi connectivity index (χ4v) is 7.69. The fraction of sp³-hybridized carbons (Fsp3) is 0.875. The van der Waals surface area contributed by atoms with E-state index in [-0.39, 0.29) is 38.6 Å². The van der Waals surface area contributed by atoms with Crippen molar-refractivity contribution in [3.05, 3.63) is 24.3 Å². The number of hydrogen-bond acceptors (Lipinski definition) is 8. The predicted molar refractivity (Wildman–Crippen MR) is 243 cm³/mol. The number of nitrogens with two attached hydrogens (primary N) is 1. The van der Waals surface area contributed by atoms with Crippen molar-refractivity contribution >= 4 is 19.8 Å². The molecule has 10 heteroatoms. The summed E-state index contributed by atoms with van der Waals surface area (Å²) in [5.74, 6) is -0.833. The second-order valence-corrected chi connectivity index (χ2v) is 17.8. The molecule has 0 saturated carbocycles. The van der Waals surface area contributed by atoms with Gasteiger partial charge in [-0.3, -0.25) is 18.6 Å². The van der Waals surface area contributed by atoms with Crippen molar-refractivity contribution in [1.82, 2.24) is 0 Å². The summed E-state index contributed by atoms with van der Waals surface area (Å²) in [5.41, 5.74) is 5.35. The lowest BCUT2D eigenvalue weighted by Gasteiger charge is -2.19. The molecule has 3 N–H and O–H groups in total. The van der Waals surface area contributed by atoms with Crippen LogP contribution in [0, 0.1) is 0 Å². The molecule has 0 fully saturated rings. The van der Waals surface area contributed by atoms with Gasteiger partial charge in [-0.2, -0.15) is 0 Å². The van der Waals surface area contributed by atoms with Gasteiger partial charge in [-0.05, 0) is 57.8 Å². The third-order valence-electron chi connectivity index (χ3n) is 10.5. The van der Waals surface area contributed by atoms with Crippen molar-refractivity contribution in [3.8, 4) is 0 Å². The average Bonchev–Trinajstić information content (AvgIpc) is 3.21. The summed E-state index contributed by atoms with van der Waals surface area (Å²) in [6, 6.07) is 0. The van der Waals surface area contributed by atoms with Gasteiger partial charge in [0.1, 0.15) is 6.61 Å². The molecule has 0 rings (SSSR count). The first-order valence-electron chi connectivity index (χ1n) is 24.3. The van der Waals surface area contributed by atoms with Crippen molar-refractivity contribution < 1.29 is 37.6 Å². The highest BCUT2D eigenvalue weighted by atomic mass is 31.2. The van der Waals surface area contributed by atoms with Crippen molar-refractivity contribution in [1.29, 1.82) is 0 Å². The van der Waals surface area contributed by atoms with E-state index >= 15 is 0 Å². The number of carbonyl (C=O) groups is 2. The first kappa shape index (κ1) is 56.5. The Morgan fingerprint density at radius 1 is 0.500 bits per heavy atom. The van der Waals surface area contributed by atoms with E-state index in [1.165, 1.54) is 148 Å². The molecule has 0 aromatic carbocycles. The number of unbranched alkanes of at least 4 members (excludes halogenated alkanes) is 29. The van der Waals surface area contributed by atoms with Gasteiger partial charge >= 0.3 is 19.8 Å². The Kier molecular flexibility index (Phi) is 43.9. The van der Waals surface area contributed by atoms with Gasteiger partial charge in [0.2, 0.25) is 0 Å². The molecule has 2 atom stereocenters. The number of phosphoric acid groups is 1. The van der Waals surface area contributed by atoms with Gasteiger partial charge < -0.3 is 20.1 Å². The Hall–Kier alpha value is -1.51. The maximum atomic E-state index is 12.6. The third kappa shape index (κ3) is 44.1.